The summed E-state index contributed by atoms with van der Waals surface area (Å²) in [5.74, 6) is 0.593. The van der Waals surface area contributed by atoms with Crippen LogP contribution in [0.3, 0.4) is 0 Å². The van der Waals surface area contributed by atoms with Crippen molar-refractivity contribution in [3.63, 3.8) is 0 Å². The van der Waals surface area contributed by atoms with Crippen LogP contribution in [0.1, 0.15) is 18.4 Å². The number of alkyl halides is 3. The Morgan fingerprint density at radius 1 is 1.11 bits per heavy atom. The monoisotopic (exact) mass is 523 g/mol. The molecule has 0 spiro atoms. The van der Waals surface area contributed by atoms with E-state index in [4.69, 9.17) is 11.1 Å². The van der Waals surface area contributed by atoms with Crippen LogP contribution in [0.15, 0.2) is 64.0 Å². The van der Waals surface area contributed by atoms with Gasteiger partial charge in [-0.3, -0.25) is 4.79 Å². The van der Waals surface area contributed by atoms with E-state index in [0.717, 1.165) is 49.4 Å². The van der Waals surface area contributed by atoms with Gasteiger partial charge in [0.15, 0.2) is 0 Å². The topological polar surface area (TPSA) is 104 Å². The van der Waals surface area contributed by atoms with E-state index in [0.29, 0.717) is 5.56 Å². The van der Waals surface area contributed by atoms with Crippen LogP contribution in [0, 0.1) is 6.57 Å². The first-order valence-electron chi connectivity index (χ1n) is 11.6. The maximum atomic E-state index is 12.5. The molecule has 38 heavy (non-hydrogen) atoms. The van der Waals surface area contributed by atoms with E-state index >= 15 is 0 Å². The minimum Gasteiger partial charge on any atom is -0.406 e. The van der Waals surface area contributed by atoms with Crippen LogP contribution in [0.5, 0.6) is 5.75 Å². The number of hydrogen-bond donors (Lipinski definition) is 0. The summed E-state index contributed by atoms with van der Waals surface area (Å²) in [6.07, 6.45) is -1.54. The minimum atomic E-state index is -4.79. The number of piperidine rings is 1. The lowest BCUT2D eigenvalue weighted by Gasteiger charge is -2.28. The van der Waals surface area contributed by atoms with E-state index in [1.54, 1.807) is 12.3 Å². The van der Waals surface area contributed by atoms with E-state index < -0.39 is 6.36 Å². The molecule has 194 valence electrons. The van der Waals surface area contributed by atoms with E-state index in [1.165, 1.54) is 28.9 Å². The fourth-order valence-electron chi connectivity index (χ4n) is 4.06. The molecule has 1 fully saturated rings. The van der Waals surface area contributed by atoms with Gasteiger partial charge in [-0.25, -0.2) is 16.2 Å². The quantitative estimate of drug-likeness (QED) is 0.347. The summed E-state index contributed by atoms with van der Waals surface area (Å²) in [6, 6.07) is 11.6. The minimum absolute atomic E-state index is 0.0439. The standard InChI is InChI=1S/C25H20F3N7O3/c1-29-18-9-12-34(13-10-18)21-14-16(8-11-30-21)15-35-22(36)7-6-20(32-35)24-31-23(33-38-24)17-2-4-19(5-3-17)37-25(26,27)28/h2-8,11,14,18H,9-10,12-13,15H2. The molecule has 0 aliphatic carbocycles. The summed E-state index contributed by atoms with van der Waals surface area (Å²) in [7, 11) is 0. The van der Waals surface area contributed by atoms with Crippen LogP contribution in [0.2, 0.25) is 0 Å². The number of rotatable bonds is 6. The first-order chi connectivity index (χ1) is 18.3. The van der Waals surface area contributed by atoms with E-state index in [2.05, 4.69) is 34.7 Å². The lowest BCUT2D eigenvalue weighted by atomic mass is 10.1. The number of aromatic nitrogens is 5. The smallest absolute Gasteiger partial charge is 0.406 e. The number of nitrogens with zero attached hydrogens (tertiary/aromatic N) is 7. The highest BCUT2D eigenvalue weighted by molar-refractivity contribution is 5.58. The van der Waals surface area contributed by atoms with Gasteiger partial charge in [0.25, 0.3) is 11.4 Å². The van der Waals surface area contributed by atoms with Gasteiger partial charge in [-0.05, 0) is 48.0 Å². The van der Waals surface area contributed by atoms with Crippen LogP contribution < -0.4 is 15.2 Å². The largest absolute Gasteiger partial charge is 0.573 e. The Hall–Kier alpha value is -4.73. The summed E-state index contributed by atoms with van der Waals surface area (Å²) in [6.45, 7) is 8.88. The second-order valence-corrected chi connectivity index (χ2v) is 8.58. The molecular formula is C25H20F3N7O3. The molecule has 1 aromatic carbocycles. The average Bonchev–Trinajstić information content (AvgIpc) is 3.40. The third-order valence-corrected chi connectivity index (χ3v) is 5.97. The first-order valence-corrected chi connectivity index (χ1v) is 11.6. The van der Waals surface area contributed by atoms with Crippen molar-refractivity contribution in [1.82, 2.24) is 24.9 Å². The molecule has 13 heteroatoms. The van der Waals surface area contributed by atoms with Gasteiger partial charge in [0.2, 0.25) is 11.9 Å². The molecule has 0 unspecified atom stereocenters. The van der Waals surface area contributed by atoms with Gasteiger partial charge in [0.05, 0.1) is 6.54 Å². The van der Waals surface area contributed by atoms with E-state index in [9.17, 15) is 18.0 Å². The van der Waals surface area contributed by atoms with Crippen LogP contribution in [0.25, 0.3) is 27.8 Å². The molecule has 0 N–H and O–H groups in total. The SMILES string of the molecule is [C-]#[N+]C1CCN(c2cc(Cn3nc(-c4nc(-c5ccc(OC(F)(F)F)cc5)no4)ccc3=O)ccn2)CC1. The number of anilines is 1. The zero-order valence-corrected chi connectivity index (χ0v) is 19.8. The molecule has 0 amide bonds. The predicted molar refractivity (Wildman–Crippen MR) is 129 cm³/mol. The summed E-state index contributed by atoms with van der Waals surface area (Å²) in [4.78, 5) is 27.0. The molecule has 4 heterocycles. The maximum Gasteiger partial charge on any atom is 0.573 e. The Bertz CT molecular complexity index is 1520. The second-order valence-electron chi connectivity index (χ2n) is 8.58. The van der Waals surface area contributed by atoms with Gasteiger partial charge >= 0.3 is 6.36 Å². The number of benzene rings is 1. The van der Waals surface area contributed by atoms with Crippen LogP contribution >= 0.6 is 0 Å². The van der Waals surface area contributed by atoms with Gasteiger partial charge < -0.3 is 19.0 Å². The normalized spacial score (nSPS) is 14.3. The fourth-order valence-corrected chi connectivity index (χ4v) is 4.06. The first kappa shape index (κ1) is 24.9. The zero-order chi connectivity index (χ0) is 26.7. The average molecular weight is 523 g/mol. The number of hydrogen-bond acceptors (Lipinski definition) is 8. The maximum absolute atomic E-state index is 12.5. The summed E-state index contributed by atoms with van der Waals surface area (Å²) in [5.41, 5.74) is 1.16. The third-order valence-electron chi connectivity index (χ3n) is 5.97. The number of pyridine rings is 1. The van der Waals surface area contributed by atoms with Crippen molar-refractivity contribution in [3.8, 4) is 28.7 Å². The highest BCUT2D eigenvalue weighted by Gasteiger charge is 2.31. The molecule has 3 aromatic heterocycles. The van der Waals surface area contributed by atoms with Gasteiger partial charge in [-0.15, -0.1) is 13.2 Å². The Morgan fingerprint density at radius 3 is 2.58 bits per heavy atom. The molecule has 10 nitrogen and oxygen atoms in total. The molecule has 0 atom stereocenters. The van der Waals surface area contributed by atoms with Crippen molar-refractivity contribution in [3.05, 3.63) is 82.1 Å². The Kier molecular flexibility index (Phi) is 6.78. The molecule has 0 saturated carbocycles. The second kappa shape index (κ2) is 10.3. The zero-order valence-electron chi connectivity index (χ0n) is 19.8. The molecule has 4 aromatic rings. The summed E-state index contributed by atoms with van der Waals surface area (Å²) in [5, 5.41) is 8.23. The van der Waals surface area contributed by atoms with Gasteiger partial charge in [0, 0.05) is 43.8 Å². The van der Waals surface area contributed by atoms with Crippen LogP contribution in [0.4, 0.5) is 19.0 Å². The molecule has 1 aliphatic heterocycles. The van der Waals surface area contributed by atoms with Crippen molar-refractivity contribution >= 4 is 5.82 Å². The summed E-state index contributed by atoms with van der Waals surface area (Å²) < 4.78 is 47.6. The van der Waals surface area contributed by atoms with Gasteiger partial charge in [0.1, 0.15) is 17.3 Å². The molecule has 5 rings (SSSR count). The van der Waals surface area contributed by atoms with Crippen LogP contribution in [-0.2, 0) is 6.54 Å². The Morgan fingerprint density at radius 2 is 1.87 bits per heavy atom. The Balaban J connectivity index is 1.32. The molecule has 1 aliphatic rings. The highest BCUT2D eigenvalue weighted by Crippen LogP contribution is 2.26. The van der Waals surface area contributed by atoms with Crippen molar-refractivity contribution in [2.45, 2.75) is 31.8 Å². The Labute approximate surface area is 214 Å². The van der Waals surface area contributed by atoms with Gasteiger partial charge in [-0.2, -0.15) is 10.1 Å². The van der Waals surface area contributed by atoms with Crippen molar-refractivity contribution < 1.29 is 22.4 Å². The molecular weight excluding hydrogens is 503 g/mol. The predicted octanol–water partition coefficient (Wildman–Crippen LogP) is 4.19. The van der Waals surface area contributed by atoms with Crippen molar-refractivity contribution in [1.29, 1.82) is 0 Å². The van der Waals surface area contributed by atoms with E-state index in [-0.39, 0.29) is 41.3 Å². The third kappa shape index (κ3) is 5.80. The van der Waals surface area contributed by atoms with Crippen molar-refractivity contribution in [2.75, 3.05) is 18.0 Å². The molecule has 0 radical (unpaired) electrons. The number of halogens is 3. The van der Waals surface area contributed by atoms with Gasteiger partial charge in [-0.1, -0.05) is 5.16 Å². The molecule has 0 bridgehead atoms. The van der Waals surface area contributed by atoms with Crippen molar-refractivity contribution in [2.24, 2.45) is 0 Å². The van der Waals surface area contributed by atoms with E-state index in [1.807, 2.05) is 6.07 Å². The fraction of sp³-hybridized carbons (Fsp3) is 0.280. The summed E-state index contributed by atoms with van der Waals surface area (Å²) >= 11 is 0. The highest BCUT2D eigenvalue weighted by atomic mass is 19.4. The van der Waals surface area contributed by atoms with Crippen LogP contribution in [-0.4, -0.2) is 50.4 Å². The lowest BCUT2D eigenvalue weighted by Crippen LogP contribution is -2.35. The number of ether oxygens (including phenoxy) is 1. The lowest BCUT2D eigenvalue weighted by molar-refractivity contribution is -0.274. The molecule has 1 saturated heterocycles.